The summed E-state index contributed by atoms with van der Waals surface area (Å²) in [6.45, 7) is 0.382. The lowest BCUT2D eigenvalue weighted by molar-refractivity contribution is -0.122. The Hall–Kier alpha value is -1.70. The number of nitrogens with zero attached hydrogens (tertiary/aromatic N) is 2. The van der Waals surface area contributed by atoms with Gasteiger partial charge in [-0.3, -0.25) is 9.78 Å². The molecule has 6 nitrogen and oxygen atoms in total. The fourth-order valence-corrected chi connectivity index (χ4v) is 4.09. The van der Waals surface area contributed by atoms with Crippen LogP contribution in [0.5, 0.6) is 0 Å². The van der Waals surface area contributed by atoms with Crippen molar-refractivity contribution in [2.24, 2.45) is 0 Å². The highest BCUT2D eigenvalue weighted by Crippen LogP contribution is 2.29. The molecule has 8 heteroatoms. The van der Waals surface area contributed by atoms with Crippen molar-refractivity contribution in [2.45, 2.75) is 4.90 Å². The first-order valence-corrected chi connectivity index (χ1v) is 8.12. The Morgan fingerprint density at radius 1 is 1.29 bits per heavy atom. The summed E-state index contributed by atoms with van der Waals surface area (Å²) in [7, 11) is -3.76. The molecule has 3 rings (SSSR count). The first kappa shape index (κ1) is 14.2. The van der Waals surface area contributed by atoms with Crippen molar-refractivity contribution in [1.82, 2.24) is 14.6 Å². The number of piperazine rings is 1. The topological polar surface area (TPSA) is 79.4 Å². The van der Waals surface area contributed by atoms with Crippen LogP contribution in [0.4, 0.5) is 0 Å². The van der Waals surface area contributed by atoms with Crippen LogP contribution in [0.3, 0.4) is 0 Å². The largest absolute Gasteiger partial charge is 0.354 e. The lowest BCUT2D eigenvalue weighted by atomic mass is 10.2. The van der Waals surface area contributed by atoms with Crippen LogP contribution in [0.25, 0.3) is 10.9 Å². The quantitative estimate of drug-likeness (QED) is 0.893. The minimum absolute atomic E-state index is 0.115. The summed E-state index contributed by atoms with van der Waals surface area (Å²) in [5.41, 5.74) is 0.432. The molecule has 110 valence electrons. The number of fused-ring (bicyclic) bond motifs is 1. The number of pyridine rings is 1. The number of benzene rings is 1. The molecule has 1 fully saturated rings. The molecule has 0 bridgehead atoms. The average Bonchev–Trinajstić information content (AvgIpc) is 2.47. The molecule has 0 aliphatic carbocycles. The molecule has 0 unspecified atom stereocenters. The van der Waals surface area contributed by atoms with Gasteiger partial charge in [-0.15, -0.1) is 0 Å². The lowest BCUT2D eigenvalue weighted by Gasteiger charge is -2.26. The minimum Gasteiger partial charge on any atom is -0.354 e. The van der Waals surface area contributed by atoms with Crippen LogP contribution in [0.2, 0.25) is 5.02 Å². The van der Waals surface area contributed by atoms with Gasteiger partial charge in [0.25, 0.3) is 0 Å². The summed E-state index contributed by atoms with van der Waals surface area (Å²) in [5, 5.41) is 3.45. The number of aromatic nitrogens is 1. The van der Waals surface area contributed by atoms with Crippen molar-refractivity contribution >= 4 is 38.4 Å². The van der Waals surface area contributed by atoms with Crippen molar-refractivity contribution in [3.8, 4) is 0 Å². The predicted octanol–water partition coefficient (Wildman–Crippen LogP) is 1.01. The fourth-order valence-electron chi connectivity index (χ4n) is 2.30. The number of nitrogens with one attached hydrogen (secondary N) is 1. The average molecular weight is 326 g/mol. The summed E-state index contributed by atoms with van der Waals surface area (Å²) in [6.07, 6.45) is 1.55. The van der Waals surface area contributed by atoms with E-state index in [-0.39, 0.29) is 23.9 Å². The van der Waals surface area contributed by atoms with Crippen molar-refractivity contribution in [3.63, 3.8) is 0 Å². The van der Waals surface area contributed by atoms with Gasteiger partial charge < -0.3 is 5.32 Å². The molecule has 1 aromatic heterocycles. The number of amides is 1. The van der Waals surface area contributed by atoms with Gasteiger partial charge in [-0.1, -0.05) is 11.6 Å². The molecule has 1 aromatic carbocycles. The van der Waals surface area contributed by atoms with Crippen molar-refractivity contribution in [3.05, 3.63) is 35.5 Å². The molecule has 1 saturated heterocycles. The molecular formula is C13H12ClN3O3S. The van der Waals surface area contributed by atoms with E-state index in [4.69, 9.17) is 11.6 Å². The number of rotatable bonds is 2. The van der Waals surface area contributed by atoms with Gasteiger partial charge >= 0.3 is 0 Å². The zero-order valence-corrected chi connectivity index (χ0v) is 12.5. The summed E-state index contributed by atoms with van der Waals surface area (Å²) in [6, 6.07) is 6.27. The molecule has 1 aliphatic heterocycles. The highest BCUT2D eigenvalue weighted by Gasteiger charge is 2.30. The molecule has 2 aromatic rings. The van der Waals surface area contributed by atoms with Gasteiger partial charge in [0.05, 0.1) is 22.0 Å². The second kappa shape index (κ2) is 5.25. The molecule has 1 amide bonds. The van der Waals surface area contributed by atoms with E-state index in [0.717, 1.165) is 0 Å². The predicted molar refractivity (Wildman–Crippen MR) is 78.5 cm³/mol. The summed E-state index contributed by atoms with van der Waals surface area (Å²) in [5.74, 6) is -0.304. The normalized spacial score (nSPS) is 16.9. The minimum atomic E-state index is -3.76. The number of carbonyl (C=O) groups is 1. The number of sulfonamides is 1. The molecule has 21 heavy (non-hydrogen) atoms. The maximum atomic E-state index is 12.7. The van der Waals surface area contributed by atoms with E-state index in [9.17, 15) is 13.2 Å². The molecule has 1 N–H and O–H groups in total. The fraction of sp³-hybridized carbons (Fsp3) is 0.231. The smallest absolute Gasteiger partial charge is 0.244 e. The zero-order valence-electron chi connectivity index (χ0n) is 10.9. The highest BCUT2D eigenvalue weighted by atomic mass is 35.5. The number of hydrogen-bond acceptors (Lipinski definition) is 4. The van der Waals surface area contributed by atoms with Crippen molar-refractivity contribution in [2.75, 3.05) is 19.6 Å². The molecule has 0 spiro atoms. The first-order chi connectivity index (χ1) is 10.00. The highest BCUT2D eigenvalue weighted by molar-refractivity contribution is 7.89. The number of halogens is 1. The van der Waals surface area contributed by atoms with E-state index in [0.29, 0.717) is 22.5 Å². The van der Waals surface area contributed by atoms with Crippen LogP contribution < -0.4 is 5.32 Å². The van der Waals surface area contributed by atoms with E-state index in [1.54, 1.807) is 18.3 Å². The maximum Gasteiger partial charge on any atom is 0.244 e. The van der Waals surface area contributed by atoms with Crippen LogP contribution in [-0.4, -0.2) is 43.2 Å². The Bertz CT molecular complexity index is 823. The standard InChI is InChI=1S/C13H12ClN3O3S/c14-10-3-4-11(9-2-1-5-16-13(9)10)21(19,20)17-7-6-15-12(18)8-17/h1-5H,6-8H2,(H,15,18). The Morgan fingerprint density at radius 2 is 2.10 bits per heavy atom. The van der Waals surface area contributed by atoms with Gasteiger partial charge in [-0.25, -0.2) is 8.42 Å². The van der Waals surface area contributed by atoms with Crippen LogP contribution in [0.1, 0.15) is 0 Å². The maximum absolute atomic E-state index is 12.7. The van der Waals surface area contributed by atoms with Crippen LogP contribution in [-0.2, 0) is 14.8 Å². The first-order valence-electron chi connectivity index (χ1n) is 6.30. The Balaban J connectivity index is 2.15. The van der Waals surface area contributed by atoms with E-state index >= 15 is 0 Å². The van der Waals surface area contributed by atoms with E-state index < -0.39 is 10.0 Å². The van der Waals surface area contributed by atoms with Gasteiger partial charge in [0.1, 0.15) is 0 Å². The lowest BCUT2D eigenvalue weighted by Crippen LogP contribution is -2.49. The van der Waals surface area contributed by atoms with Gasteiger partial charge in [0.15, 0.2) is 0 Å². The summed E-state index contributed by atoms with van der Waals surface area (Å²) in [4.78, 5) is 15.7. The Kier molecular flexibility index (Phi) is 3.56. The van der Waals surface area contributed by atoms with Gasteiger partial charge in [0, 0.05) is 24.7 Å². The monoisotopic (exact) mass is 325 g/mol. The molecular weight excluding hydrogens is 314 g/mol. The van der Waals surface area contributed by atoms with Crippen LogP contribution >= 0.6 is 11.6 Å². The van der Waals surface area contributed by atoms with Gasteiger partial charge in [-0.05, 0) is 24.3 Å². The Morgan fingerprint density at radius 3 is 2.86 bits per heavy atom. The third-order valence-corrected chi connectivity index (χ3v) is 5.51. The van der Waals surface area contributed by atoms with Crippen LogP contribution in [0.15, 0.2) is 35.4 Å². The van der Waals surface area contributed by atoms with Crippen molar-refractivity contribution < 1.29 is 13.2 Å². The van der Waals surface area contributed by atoms with E-state index in [1.165, 1.54) is 16.4 Å². The Labute approximate surface area is 126 Å². The molecule has 0 saturated carbocycles. The SMILES string of the molecule is O=C1CN(S(=O)(=O)c2ccc(Cl)c3ncccc23)CCN1. The third-order valence-electron chi connectivity index (χ3n) is 3.30. The number of carbonyl (C=O) groups excluding carboxylic acids is 1. The van der Waals surface area contributed by atoms with Gasteiger partial charge in [-0.2, -0.15) is 4.31 Å². The molecule has 2 heterocycles. The molecule has 1 aliphatic rings. The summed E-state index contributed by atoms with van der Waals surface area (Å²) < 4.78 is 26.6. The van der Waals surface area contributed by atoms with E-state index in [1.807, 2.05) is 0 Å². The summed E-state index contributed by atoms with van der Waals surface area (Å²) >= 11 is 6.05. The molecule has 0 radical (unpaired) electrons. The van der Waals surface area contributed by atoms with Crippen LogP contribution in [0, 0.1) is 0 Å². The third kappa shape index (κ3) is 2.48. The second-order valence-electron chi connectivity index (χ2n) is 4.63. The van der Waals surface area contributed by atoms with E-state index in [2.05, 4.69) is 10.3 Å². The zero-order chi connectivity index (χ0) is 15.0. The number of hydrogen-bond donors (Lipinski definition) is 1. The molecule has 0 atom stereocenters. The van der Waals surface area contributed by atoms with Crippen molar-refractivity contribution in [1.29, 1.82) is 0 Å². The second-order valence-corrected chi connectivity index (χ2v) is 6.95. The van der Waals surface area contributed by atoms with Gasteiger partial charge in [0.2, 0.25) is 15.9 Å².